The predicted octanol–water partition coefficient (Wildman–Crippen LogP) is 2.53. The molecule has 0 aliphatic heterocycles. The van der Waals surface area contributed by atoms with Gasteiger partial charge in [-0.25, -0.2) is 4.39 Å². The number of carbonyl (C=O) groups is 1. The van der Waals surface area contributed by atoms with Crippen molar-refractivity contribution in [2.75, 3.05) is 6.54 Å². The zero-order valence-corrected chi connectivity index (χ0v) is 10.2. The minimum absolute atomic E-state index is 0.193. The molecule has 0 radical (unpaired) electrons. The molecule has 18 heavy (non-hydrogen) atoms. The fraction of sp³-hybridized carbons (Fsp3) is 0.500. The maximum Gasteiger partial charge on any atom is 0.303 e. The summed E-state index contributed by atoms with van der Waals surface area (Å²) in [5.74, 6) is -0.418. The lowest BCUT2D eigenvalue weighted by Crippen LogP contribution is -2.40. The second kappa shape index (κ2) is 5.96. The second-order valence-electron chi connectivity index (χ2n) is 4.87. The second-order valence-corrected chi connectivity index (χ2v) is 4.87. The van der Waals surface area contributed by atoms with Gasteiger partial charge >= 0.3 is 5.97 Å². The standard InChI is InChI=1S/C14H18FNO2/c15-12-5-3-10(4-6-12)11-8-13(9-11)16-7-1-2-14(17)18/h3-6,11,13,16H,1-2,7-9H2,(H,17,18). The summed E-state index contributed by atoms with van der Waals surface area (Å²) in [5, 5.41) is 11.9. The Bertz CT molecular complexity index is 399. The number of rotatable bonds is 6. The van der Waals surface area contributed by atoms with Crippen molar-refractivity contribution in [3.05, 3.63) is 35.6 Å². The van der Waals surface area contributed by atoms with Crippen LogP contribution in [-0.2, 0) is 4.79 Å². The first kappa shape index (κ1) is 13.0. The van der Waals surface area contributed by atoms with Gasteiger partial charge in [0.1, 0.15) is 5.82 Å². The molecule has 2 N–H and O–H groups in total. The Balaban J connectivity index is 1.64. The molecule has 0 unspecified atom stereocenters. The smallest absolute Gasteiger partial charge is 0.303 e. The molecule has 0 aromatic heterocycles. The largest absolute Gasteiger partial charge is 0.481 e. The van der Waals surface area contributed by atoms with Crippen molar-refractivity contribution in [3.63, 3.8) is 0 Å². The van der Waals surface area contributed by atoms with E-state index in [1.54, 1.807) is 0 Å². The Morgan fingerprint density at radius 1 is 1.33 bits per heavy atom. The zero-order chi connectivity index (χ0) is 13.0. The molecule has 4 heteroatoms. The molecule has 0 spiro atoms. The van der Waals surface area contributed by atoms with E-state index in [1.807, 2.05) is 12.1 Å². The van der Waals surface area contributed by atoms with E-state index in [-0.39, 0.29) is 12.2 Å². The highest BCUT2D eigenvalue weighted by Gasteiger charge is 2.29. The van der Waals surface area contributed by atoms with Crippen LogP contribution in [0.2, 0.25) is 0 Å². The number of nitrogens with one attached hydrogen (secondary N) is 1. The molecule has 1 aromatic carbocycles. The molecule has 0 heterocycles. The molecular formula is C14H18FNO2. The van der Waals surface area contributed by atoms with Gasteiger partial charge in [0.05, 0.1) is 0 Å². The number of hydrogen-bond donors (Lipinski definition) is 2. The molecule has 1 saturated carbocycles. The van der Waals surface area contributed by atoms with Crippen LogP contribution >= 0.6 is 0 Å². The molecule has 0 bridgehead atoms. The highest BCUT2D eigenvalue weighted by Crippen LogP contribution is 2.36. The lowest BCUT2D eigenvalue weighted by Gasteiger charge is -2.36. The van der Waals surface area contributed by atoms with Gasteiger partial charge in [-0.15, -0.1) is 0 Å². The number of aliphatic carboxylic acids is 1. The van der Waals surface area contributed by atoms with Crippen LogP contribution in [0.3, 0.4) is 0 Å². The number of carboxylic acid groups (broad SMARTS) is 1. The number of hydrogen-bond acceptors (Lipinski definition) is 2. The molecule has 98 valence electrons. The molecule has 1 fully saturated rings. The third-order valence-electron chi connectivity index (χ3n) is 3.48. The van der Waals surface area contributed by atoms with Crippen molar-refractivity contribution in [1.29, 1.82) is 0 Å². The third-order valence-corrected chi connectivity index (χ3v) is 3.48. The van der Waals surface area contributed by atoms with E-state index in [0.717, 1.165) is 19.4 Å². The minimum Gasteiger partial charge on any atom is -0.481 e. The summed E-state index contributed by atoms with van der Waals surface area (Å²) < 4.78 is 12.8. The maximum atomic E-state index is 12.8. The average molecular weight is 251 g/mol. The topological polar surface area (TPSA) is 49.3 Å². The zero-order valence-electron chi connectivity index (χ0n) is 10.2. The molecule has 1 aromatic rings. The maximum absolute atomic E-state index is 12.8. The van der Waals surface area contributed by atoms with Gasteiger partial charge in [0, 0.05) is 12.5 Å². The molecule has 1 aliphatic rings. The highest BCUT2D eigenvalue weighted by molar-refractivity contribution is 5.66. The van der Waals surface area contributed by atoms with E-state index < -0.39 is 5.97 Å². The Labute approximate surface area is 106 Å². The molecule has 0 saturated heterocycles. The normalized spacial score (nSPS) is 22.5. The molecular weight excluding hydrogens is 233 g/mol. The van der Waals surface area contributed by atoms with Crippen molar-refractivity contribution < 1.29 is 14.3 Å². The van der Waals surface area contributed by atoms with Gasteiger partial charge in [-0.3, -0.25) is 4.79 Å². The molecule has 3 nitrogen and oxygen atoms in total. The van der Waals surface area contributed by atoms with Gasteiger partial charge < -0.3 is 10.4 Å². The van der Waals surface area contributed by atoms with Crippen molar-refractivity contribution >= 4 is 5.97 Å². The van der Waals surface area contributed by atoms with Gasteiger partial charge in [0.2, 0.25) is 0 Å². The van der Waals surface area contributed by atoms with E-state index in [2.05, 4.69) is 5.32 Å². The van der Waals surface area contributed by atoms with Crippen molar-refractivity contribution in [2.45, 2.75) is 37.6 Å². The van der Waals surface area contributed by atoms with Crippen molar-refractivity contribution in [3.8, 4) is 0 Å². The van der Waals surface area contributed by atoms with Gasteiger partial charge in [0.25, 0.3) is 0 Å². The number of carboxylic acids is 1. The molecule has 2 rings (SSSR count). The molecule has 1 aliphatic carbocycles. The van der Waals surface area contributed by atoms with E-state index in [1.165, 1.54) is 17.7 Å². The number of benzene rings is 1. The summed E-state index contributed by atoms with van der Waals surface area (Å²) in [6.45, 7) is 0.757. The van der Waals surface area contributed by atoms with Gasteiger partial charge in [-0.1, -0.05) is 12.1 Å². The summed E-state index contributed by atoms with van der Waals surface area (Å²) in [6, 6.07) is 7.18. The molecule has 0 atom stereocenters. The fourth-order valence-corrected chi connectivity index (χ4v) is 2.34. The summed E-state index contributed by atoms with van der Waals surface area (Å²) in [4.78, 5) is 10.3. The highest BCUT2D eigenvalue weighted by atomic mass is 19.1. The van der Waals surface area contributed by atoms with Crippen LogP contribution in [0.1, 0.15) is 37.2 Å². The van der Waals surface area contributed by atoms with Crippen LogP contribution in [-0.4, -0.2) is 23.7 Å². The first-order valence-electron chi connectivity index (χ1n) is 6.36. The van der Waals surface area contributed by atoms with Crippen molar-refractivity contribution in [2.24, 2.45) is 0 Å². The SMILES string of the molecule is O=C(O)CCCNC1CC(c2ccc(F)cc2)C1. The Morgan fingerprint density at radius 2 is 2.00 bits per heavy atom. The lowest BCUT2D eigenvalue weighted by molar-refractivity contribution is -0.137. The van der Waals surface area contributed by atoms with E-state index >= 15 is 0 Å². The third kappa shape index (κ3) is 3.53. The molecule has 0 amide bonds. The van der Waals surface area contributed by atoms with Gasteiger partial charge in [-0.2, -0.15) is 0 Å². The summed E-state index contributed by atoms with van der Waals surface area (Å²) in [6.07, 6.45) is 3.01. The summed E-state index contributed by atoms with van der Waals surface area (Å²) in [5.41, 5.74) is 1.19. The summed E-state index contributed by atoms with van der Waals surface area (Å²) in [7, 11) is 0. The Kier molecular flexibility index (Phi) is 4.31. The Hall–Kier alpha value is -1.42. The minimum atomic E-state index is -0.741. The summed E-state index contributed by atoms with van der Waals surface area (Å²) >= 11 is 0. The quantitative estimate of drug-likeness (QED) is 0.764. The number of halogens is 1. The first-order valence-corrected chi connectivity index (χ1v) is 6.36. The average Bonchev–Trinajstić information content (AvgIpc) is 2.28. The van der Waals surface area contributed by atoms with Crippen LogP contribution in [0, 0.1) is 5.82 Å². The van der Waals surface area contributed by atoms with Gasteiger partial charge in [0.15, 0.2) is 0 Å². The monoisotopic (exact) mass is 251 g/mol. The van der Waals surface area contributed by atoms with Crippen LogP contribution in [0.5, 0.6) is 0 Å². The van der Waals surface area contributed by atoms with Crippen LogP contribution in [0.15, 0.2) is 24.3 Å². The van der Waals surface area contributed by atoms with E-state index in [0.29, 0.717) is 18.4 Å². The van der Waals surface area contributed by atoms with E-state index in [4.69, 9.17) is 5.11 Å². The van der Waals surface area contributed by atoms with Gasteiger partial charge in [-0.05, 0) is 49.4 Å². The van der Waals surface area contributed by atoms with E-state index in [9.17, 15) is 9.18 Å². The lowest BCUT2D eigenvalue weighted by atomic mass is 9.76. The van der Waals surface area contributed by atoms with Crippen LogP contribution in [0.4, 0.5) is 4.39 Å². The predicted molar refractivity (Wildman–Crippen MR) is 67.0 cm³/mol. The fourth-order valence-electron chi connectivity index (χ4n) is 2.34. The van der Waals surface area contributed by atoms with Crippen LogP contribution in [0.25, 0.3) is 0 Å². The van der Waals surface area contributed by atoms with Crippen molar-refractivity contribution in [1.82, 2.24) is 5.32 Å². The van der Waals surface area contributed by atoms with Crippen LogP contribution < -0.4 is 5.32 Å². The first-order chi connectivity index (χ1) is 8.65. The Morgan fingerprint density at radius 3 is 2.61 bits per heavy atom.